The summed E-state index contributed by atoms with van der Waals surface area (Å²) in [7, 11) is 0. The summed E-state index contributed by atoms with van der Waals surface area (Å²) in [5.41, 5.74) is 7.66. The molecule has 0 radical (unpaired) electrons. The quantitative estimate of drug-likeness (QED) is 0.587. The molecule has 0 aliphatic rings. The lowest BCUT2D eigenvalue weighted by molar-refractivity contribution is -0.131. The second-order valence-electron chi connectivity index (χ2n) is 5.97. The van der Waals surface area contributed by atoms with Gasteiger partial charge in [0.1, 0.15) is 0 Å². The van der Waals surface area contributed by atoms with Gasteiger partial charge in [-0.25, -0.2) is 0 Å². The largest absolute Gasteiger partial charge is 0.339 e. The third kappa shape index (κ3) is 6.16. The minimum Gasteiger partial charge on any atom is -0.339 e. The Morgan fingerprint density at radius 1 is 1.22 bits per heavy atom. The molecule has 3 aromatic rings. The van der Waals surface area contributed by atoms with Gasteiger partial charge < -0.3 is 15.2 Å². The predicted octanol–water partition coefficient (Wildman–Crippen LogP) is 3.53. The van der Waals surface area contributed by atoms with E-state index in [1.165, 1.54) is 0 Å². The van der Waals surface area contributed by atoms with Crippen LogP contribution in [0.3, 0.4) is 0 Å². The molecule has 27 heavy (non-hydrogen) atoms. The van der Waals surface area contributed by atoms with Crippen molar-refractivity contribution in [2.24, 2.45) is 5.73 Å². The number of aromatic nitrogens is 2. The second kappa shape index (κ2) is 10.8. The molecule has 1 amide bonds. The van der Waals surface area contributed by atoms with Gasteiger partial charge in [-0.15, -0.1) is 12.4 Å². The van der Waals surface area contributed by atoms with E-state index in [0.717, 1.165) is 17.5 Å². The summed E-state index contributed by atoms with van der Waals surface area (Å²) >= 11 is 1.58. The highest BCUT2D eigenvalue weighted by Gasteiger charge is 2.16. The fourth-order valence-corrected chi connectivity index (χ4v) is 3.25. The molecule has 8 heteroatoms. The van der Waals surface area contributed by atoms with E-state index in [1.807, 2.05) is 52.1 Å². The number of hydrogen-bond acceptors (Lipinski definition) is 6. The van der Waals surface area contributed by atoms with Gasteiger partial charge in [-0.1, -0.05) is 35.5 Å². The average molecular weight is 407 g/mol. The molecule has 0 unspecified atom stereocenters. The maximum absolute atomic E-state index is 12.7. The average Bonchev–Trinajstić information content (AvgIpc) is 3.35. The first kappa shape index (κ1) is 21.1. The van der Waals surface area contributed by atoms with E-state index >= 15 is 0 Å². The zero-order valence-corrected chi connectivity index (χ0v) is 16.5. The standard InChI is InChI=1S/C19H22N4O2S.ClH/c20-10-4-11-23(13-15-5-2-1-3-6-15)18(24)8-7-17-21-19(22-25-17)16-9-12-26-14-16;/h1-3,5-6,9,12,14H,4,7-8,10-11,13,20H2;1H. The van der Waals surface area contributed by atoms with Crippen molar-refractivity contribution in [1.82, 2.24) is 15.0 Å². The molecule has 6 nitrogen and oxygen atoms in total. The van der Waals surface area contributed by atoms with Crippen LogP contribution in [-0.2, 0) is 17.8 Å². The first-order valence-corrected chi connectivity index (χ1v) is 9.57. The molecule has 0 fully saturated rings. The smallest absolute Gasteiger partial charge is 0.227 e. The summed E-state index contributed by atoms with van der Waals surface area (Å²) in [5, 5.41) is 7.91. The molecule has 3 rings (SSSR count). The topological polar surface area (TPSA) is 85.2 Å². The number of thiophene rings is 1. The second-order valence-corrected chi connectivity index (χ2v) is 6.75. The molecule has 2 N–H and O–H groups in total. The van der Waals surface area contributed by atoms with Crippen molar-refractivity contribution in [1.29, 1.82) is 0 Å². The minimum atomic E-state index is 0. The Kier molecular flexibility index (Phi) is 8.44. The van der Waals surface area contributed by atoms with E-state index in [4.69, 9.17) is 10.3 Å². The molecule has 0 spiro atoms. The maximum atomic E-state index is 12.7. The molecule has 0 aliphatic carbocycles. The van der Waals surface area contributed by atoms with E-state index in [2.05, 4.69) is 10.1 Å². The Morgan fingerprint density at radius 2 is 2.04 bits per heavy atom. The van der Waals surface area contributed by atoms with E-state index in [-0.39, 0.29) is 18.3 Å². The third-order valence-electron chi connectivity index (χ3n) is 4.00. The number of nitrogens with zero attached hydrogens (tertiary/aromatic N) is 3. The lowest BCUT2D eigenvalue weighted by atomic mass is 10.2. The number of benzene rings is 1. The van der Waals surface area contributed by atoms with Crippen LogP contribution in [0.4, 0.5) is 0 Å². The van der Waals surface area contributed by atoms with Gasteiger partial charge in [-0.2, -0.15) is 16.3 Å². The van der Waals surface area contributed by atoms with Gasteiger partial charge in [-0.05, 0) is 30.0 Å². The van der Waals surface area contributed by atoms with Gasteiger partial charge in [0.05, 0.1) is 0 Å². The van der Waals surface area contributed by atoms with Crippen molar-refractivity contribution in [3.8, 4) is 11.4 Å². The molecule has 2 aromatic heterocycles. The van der Waals surface area contributed by atoms with Crippen LogP contribution in [0.5, 0.6) is 0 Å². The number of carbonyl (C=O) groups is 1. The van der Waals surface area contributed by atoms with E-state index in [0.29, 0.717) is 44.2 Å². The zero-order chi connectivity index (χ0) is 18.2. The molecule has 1 aromatic carbocycles. The van der Waals surface area contributed by atoms with Gasteiger partial charge in [0, 0.05) is 36.9 Å². The Balaban J connectivity index is 0.00000261. The van der Waals surface area contributed by atoms with Crippen molar-refractivity contribution in [2.75, 3.05) is 13.1 Å². The molecular weight excluding hydrogens is 384 g/mol. The molecule has 0 saturated carbocycles. The van der Waals surface area contributed by atoms with Crippen molar-refractivity contribution >= 4 is 29.7 Å². The fraction of sp³-hybridized carbons (Fsp3) is 0.316. The number of amides is 1. The predicted molar refractivity (Wildman–Crippen MR) is 109 cm³/mol. The summed E-state index contributed by atoms with van der Waals surface area (Å²) < 4.78 is 5.27. The van der Waals surface area contributed by atoms with Crippen LogP contribution in [0, 0.1) is 0 Å². The van der Waals surface area contributed by atoms with Crippen molar-refractivity contribution < 1.29 is 9.32 Å². The molecular formula is C19H23ClN4O2S. The Morgan fingerprint density at radius 3 is 2.74 bits per heavy atom. The highest BCUT2D eigenvalue weighted by molar-refractivity contribution is 7.08. The summed E-state index contributed by atoms with van der Waals surface area (Å²) in [6.45, 7) is 1.80. The van der Waals surface area contributed by atoms with Gasteiger partial charge >= 0.3 is 0 Å². The maximum Gasteiger partial charge on any atom is 0.227 e. The summed E-state index contributed by atoms with van der Waals surface area (Å²) in [4.78, 5) is 18.9. The van der Waals surface area contributed by atoms with Crippen LogP contribution in [-0.4, -0.2) is 34.0 Å². The van der Waals surface area contributed by atoms with Gasteiger partial charge in [-0.3, -0.25) is 4.79 Å². The van der Waals surface area contributed by atoms with Crippen molar-refractivity contribution in [2.45, 2.75) is 25.8 Å². The Bertz CT molecular complexity index is 808. The van der Waals surface area contributed by atoms with Gasteiger partial charge in [0.2, 0.25) is 17.6 Å². The molecule has 144 valence electrons. The molecule has 0 bridgehead atoms. The van der Waals surface area contributed by atoms with Crippen LogP contribution < -0.4 is 5.73 Å². The highest BCUT2D eigenvalue weighted by Crippen LogP contribution is 2.19. The summed E-state index contributed by atoms with van der Waals surface area (Å²) in [6, 6.07) is 11.9. The van der Waals surface area contributed by atoms with Crippen molar-refractivity contribution in [3.05, 3.63) is 58.6 Å². The van der Waals surface area contributed by atoms with Crippen LogP contribution in [0.25, 0.3) is 11.4 Å². The summed E-state index contributed by atoms with van der Waals surface area (Å²) in [5.74, 6) is 1.12. The summed E-state index contributed by atoms with van der Waals surface area (Å²) in [6.07, 6.45) is 1.55. The number of halogens is 1. The van der Waals surface area contributed by atoms with Crippen LogP contribution in [0.1, 0.15) is 24.3 Å². The lowest BCUT2D eigenvalue weighted by Gasteiger charge is -2.22. The van der Waals surface area contributed by atoms with Crippen LogP contribution >= 0.6 is 23.7 Å². The first-order chi connectivity index (χ1) is 12.8. The molecule has 0 atom stereocenters. The van der Waals surface area contributed by atoms with E-state index < -0.39 is 0 Å². The highest BCUT2D eigenvalue weighted by atomic mass is 35.5. The number of carbonyl (C=O) groups excluding carboxylic acids is 1. The van der Waals surface area contributed by atoms with E-state index in [9.17, 15) is 4.79 Å². The van der Waals surface area contributed by atoms with Crippen LogP contribution in [0.15, 0.2) is 51.7 Å². The fourth-order valence-electron chi connectivity index (χ4n) is 2.62. The van der Waals surface area contributed by atoms with Crippen molar-refractivity contribution in [3.63, 3.8) is 0 Å². The van der Waals surface area contributed by atoms with Crippen LogP contribution in [0.2, 0.25) is 0 Å². The first-order valence-electron chi connectivity index (χ1n) is 8.63. The number of nitrogens with two attached hydrogens (primary N) is 1. The SMILES string of the molecule is Cl.NCCCN(Cc1ccccc1)C(=O)CCc1nc(-c2ccsc2)no1. The number of aryl methyl sites for hydroxylation is 1. The Hall–Kier alpha value is -2.22. The third-order valence-corrected chi connectivity index (χ3v) is 4.68. The van der Waals surface area contributed by atoms with E-state index in [1.54, 1.807) is 11.3 Å². The molecule has 0 aliphatic heterocycles. The zero-order valence-electron chi connectivity index (χ0n) is 14.9. The van der Waals surface area contributed by atoms with Gasteiger partial charge in [0.15, 0.2) is 0 Å². The molecule has 0 saturated heterocycles. The normalized spacial score (nSPS) is 10.4. The Labute approximate surface area is 168 Å². The lowest BCUT2D eigenvalue weighted by Crippen LogP contribution is -2.32. The van der Waals surface area contributed by atoms with Gasteiger partial charge in [0.25, 0.3) is 0 Å². The monoisotopic (exact) mass is 406 g/mol. The minimum absolute atomic E-state index is 0. The number of hydrogen-bond donors (Lipinski definition) is 1. The molecule has 2 heterocycles. The number of rotatable bonds is 9.